The second-order valence-electron chi connectivity index (χ2n) is 9.01. The first-order valence-corrected chi connectivity index (χ1v) is 13.8. The second-order valence-corrected chi connectivity index (χ2v) is 9.01. The van der Waals surface area contributed by atoms with E-state index < -0.39 is 0 Å². The Hall–Kier alpha value is -5.67. The van der Waals surface area contributed by atoms with E-state index in [-0.39, 0.29) is 0 Å². The summed E-state index contributed by atoms with van der Waals surface area (Å²) in [5.41, 5.74) is 7.66. The maximum atomic E-state index is 3.42. The van der Waals surface area contributed by atoms with Crippen LogP contribution in [-0.4, -0.2) is 15.4 Å². The lowest BCUT2D eigenvalue weighted by Crippen LogP contribution is -1.78. The second kappa shape index (κ2) is 17.8. The fourth-order valence-electron chi connectivity index (χ4n) is 3.99. The van der Waals surface area contributed by atoms with E-state index in [0.29, 0.717) is 0 Å². The van der Waals surface area contributed by atoms with Crippen LogP contribution in [0.1, 0.15) is 0 Å². The smallest absolute Gasteiger partial charge is 0.0529 e. The number of rotatable bonds is 3. The summed E-state index contributed by atoms with van der Waals surface area (Å²) in [6, 6.07) is 64.1. The van der Waals surface area contributed by atoms with Crippen molar-refractivity contribution in [3.05, 3.63) is 200 Å². The molecule has 3 nitrogen and oxygen atoms in total. The molecule has 0 amide bonds. The Labute approximate surface area is 248 Å². The Morgan fingerprint density at radius 3 is 0.524 bits per heavy atom. The van der Waals surface area contributed by atoms with E-state index in [9.17, 15) is 0 Å². The molecule has 7 aromatic rings. The summed E-state index contributed by atoms with van der Waals surface area (Å²) >= 11 is 0. The van der Waals surface area contributed by atoms with Crippen molar-refractivity contribution >= 4 is 0 Å². The SMILES string of the molecule is c1ccc(-c2ccccc2)cc1.c1ccc(-c2ccccc2)cc1.c1ccc(-c2ccccc2)cc1.c1cnnnc1. The van der Waals surface area contributed by atoms with Gasteiger partial charge in [-0.3, -0.25) is 0 Å². The predicted octanol–water partition coefficient (Wildman–Crippen LogP) is 9.93. The minimum absolute atomic E-state index is 1.28. The van der Waals surface area contributed by atoms with Crippen molar-refractivity contribution < 1.29 is 0 Å². The van der Waals surface area contributed by atoms with Gasteiger partial charge in [-0.2, -0.15) is 0 Å². The minimum atomic E-state index is 1.28. The van der Waals surface area contributed by atoms with Crippen molar-refractivity contribution in [2.24, 2.45) is 0 Å². The third kappa shape index (κ3) is 10.5. The lowest BCUT2D eigenvalue weighted by molar-refractivity contribution is 0.865. The molecular weight excluding hydrogens is 510 g/mol. The molecule has 0 radical (unpaired) electrons. The van der Waals surface area contributed by atoms with E-state index in [1.165, 1.54) is 33.4 Å². The van der Waals surface area contributed by atoms with Crippen LogP contribution in [0.25, 0.3) is 33.4 Å². The first-order chi connectivity index (χ1) is 20.9. The van der Waals surface area contributed by atoms with Gasteiger partial charge in [0.15, 0.2) is 0 Å². The highest BCUT2D eigenvalue weighted by atomic mass is 15.3. The van der Waals surface area contributed by atoms with Crippen LogP contribution in [0.15, 0.2) is 200 Å². The van der Waals surface area contributed by atoms with Crippen LogP contribution in [0.4, 0.5) is 0 Å². The Morgan fingerprint density at radius 1 is 0.214 bits per heavy atom. The molecule has 0 spiro atoms. The van der Waals surface area contributed by atoms with Crippen molar-refractivity contribution in [3.8, 4) is 33.4 Å². The molecule has 6 aromatic carbocycles. The quantitative estimate of drug-likeness (QED) is 0.223. The van der Waals surface area contributed by atoms with Gasteiger partial charge in [0.2, 0.25) is 0 Å². The highest BCUT2D eigenvalue weighted by Gasteiger charge is 1.93. The molecule has 42 heavy (non-hydrogen) atoms. The molecule has 3 heteroatoms. The van der Waals surface area contributed by atoms with Gasteiger partial charge in [-0.25, -0.2) is 0 Å². The van der Waals surface area contributed by atoms with Crippen LogP contribution in [0.2, 0.25) is 0 Å². The van der Waals surface area contributed by atoms with Crippen LogP contribution >= 0.6 is 0 Å². The maximum Gasteiger partial charge on any atom is 0.0529 e. The van der Waals surface area contributed by atoms with Crippen LogP contribution < -0.4 is 0 Å². The Morgan fingerprint density at radius 2 is 0.405 bits per heavy atom. The summed E-state index contributed by atoms with van der Waals surface area (Å²) < 4.78 is 0. The molecule has 1 aromatic heterocycles. The van der Waals surface area contributed by atoms with Crippen LogP contribution in [0, 0.1) is 0 Å². The molecule has 0 saturated heterocycles. The van der Waals surface area contributed by atoms with Gasteiger partial charge < -0.3 is 0 Å². The Bertz CT molecular complexity index is 1300. The average Bonchev–Trinajstić information content (AvgIpc) is 3.12. The van der Waals surface area contributed by atoms with E-state index in [2.05, 4.69) is 161 Å². The molecule has 0 aliphatic carbocycles. The molecule has 0 saturated carbocycles. The van der Waals surface area contributed by atoms with Crippen LogP contribution in [0.3, 0.4) is 0 Å². The van der Waals surface area contributed by atoms with Crippen molar-refractivity contribution in [3.63, 3.8) is 0 Å². The van der Waals surface area contributed by atoms with E-state index in [0.717, 1.165) is 0 Å². The number of benzene rings is 6. The minimum Gasteiger partial charge on any atom is -0.139 e. The topological polar surface area (TPSA) is 38.7 Å². The molecule has 0 atom stereocenters. The zero-order valence-electron chi connectivity index (χ0n) is 23.4. The van der Waals surface area contributed by atoms with Gasteiger partial charge in [-0.15, -0.1) is 10.2 Å². The van der Waals surface area contributed by atoms with Gasteiger partial charge in [0.1, 0.15) is 0 Å². The molecule has 1 heterocycles. The fourth-order valence-corrected chi connectivity index (χ4v) is 3.99. The lowest BCUT2D eigenvalue weighted by atomic mass is 10.1. The maximum absolute atomic E-state index is 3.42. The molecule has 0 fully saturated rings. The molecular formula is C39H33N3. The van der Waals surface area contributed by atoms with Gasteiger partial charge in [0.25, 0.3) is 0 Å². The predicted molar refractivity (Wildman–Crippen MR) is 175 cm³/mol. The summed E-state index contributed by atoms with van der Waals surface area (Å²) in [4.78, 5) is 0. The zero-order chi connectivity index (χ0) is 28.9. The van der Waals surface area contributed by atoms with E-state index in [1.54, 1.807) is 18.5 Å². The monoisotopic (exact) mass is 543 g/mol. The van der Waals surface area contributed by atoms with Crippen LogP contribution in [0.5, 0.6) is 0 Å². The third-order valence-electron chi connectivity index (χ3n) is 6.05. The average molecular weight is 544 g/mol. The van der Waals surface area contributed by atoms with Crippen molar-refractivity contribution in [1.29, 1.82) is 0 Å². The molecule has 0 aliphatic heterocycles. The summed E-state index contributed by atoms with van der Waals surface area (Å²) in [6.07, 6.45) is 3.15. The summed E-state index contributed by atoms with van der Waals surface area (Å²) in [7, 11) is 0. The largest absolute Gasteiger partial charge is 0.139 e. The van der Waals surface area contributed by atoms with Crippen molar-refractivity contribution in [2.75, 3.05) is 0 Å². The molecule has 0 N–H and O–H groups in total. The normalized spacial score (nSPS) is 9.43. The van der Waals surface area contributed by atoms with E-state index in [1.807, 2.05) is 36.4 Å². The first kappa shape index (κ1) is 29.3. The van der Waals surface area contributed by atoms with Crippen molar-refractivity contribution in [2.45, 2.75) is 0 Å². The lowest BCUT2D eigenvalue weighted by Gasteiger charge is -1.98. The highest BCUT2D eigenvalue weighted by Crippen LogP contribution is 2.19. The summed E-state index contributed by atoms with van der Waals surface area (Å²) in [5.74, 6) is 0. The standard InChI is InChI=1S/3C12H10.C3H3N3/c3*1-3-7-11(8-4-1)12-9-5-2-6-10-12;1-2-4-6-5-3-1/h3*1-10H;1-3H. The number of nitrogens with zero attached hydrogens (tertiary/aromatic N) is 3. The number of hydrogen-bond donors (Lipinski definition) is 0. The van der Waals surface area contributed by atoms with E-state index >= 15 is 0 Å². The van der Waals surface area contributed by atoms with E-state index in [4.69, 9.17) is 0 Å². The Balaban J connectivity index is 0.000000132. The van der Waals surface area contributed by atoms with Gasteiger partial charge in [0.05, 0.1) is 12.4 Å². The van der Waals surface area contributed by atoms with Gasteiger partial charge in [-0.05, 0) is 44.7 Å². The highest BCUT2D eigenvalue weighted by molar-refractivity contribution is 5.64. The fraction of sp³-hybridized carbons (Fsp3) is 0. The zero-order valence-corrected chi connectivity index (χ0v) is 23.4. The van der Waals surface area contributed by atoms with Gasteiger partial charge in [-0.1, -0.05) is 182 Å². The first-order valence-electron chi connectivity index (χ1n) is 13.8. The molecule has 0 bridgehead atoms. The van der Waals surface area contributed by atoms with Gasteiger partial charge in [0, 0.05) is 0 Å². The van der Waals surface area contributed by atoms with Gasteiger partial charge >= 0.3 is 0 Å². The van der Waals surface area contributed by atoms with Crippen molar-refractivity contribution in [1.82, 2.24) is 15.4 Å². The van der Waals surface area contributed by atoms with Crippen LogP contribution in [-0.2, 0) is 0 Å². The summed E-state index contributed by atoms with van der Waals surface area (Å²) in [6.45, 7) is 0. The molecule has 204 valence electrons. The summed E-state index contributed by atoms with van der Waals surface area (Å²) in [5, 5.41) is 10.1. The molecule has 7 rings (SSSR count). The number of aromatic nitrogens is 3. The number of hydrogen-bond acceptors (Lipinski definition) is 3. The molecule has 0 unspecified atom stereocenters. The third-order valence-corrected chi connectivity index (χ3v) is 6.05. The Kier molecular flexibility index (Phi) is 12.4. The molecule has 0 aliphatic rings.